The molecule has 2 atom stereocenters. The van der Waals surface area contributed by atoms with Gasteiger partial charge in [0.05, 0.1) is 6.10 Å². The predicted octanol–water partition coefficient (Wildman–Crippen LogP) is 2.00. The van der Waals surface area contributed by atoms with Gasteiger partial charge in [-0.3, -0.25) is 0 Å². The van der Waals surface area contributed by atoms with Crippen LogP contribution in [0, 0.1) is 0 Å². The summed E-state index contributed by atoms with van der Waals surface area (Å²) in [5.41, 5.74) is 6.91. The number of aromatic nitrogens is 1. The number of ether oxygens (including phenoxy) is 1. The van der Waals surface area contributed by atoms with Crippen molar-refractivity contribution in [1.82, 2.24) is 10.3 Å². The number of hydrogen-bond acceptors (Lipinski definition) is 4. The van der Waals surface area contributed by atoms with Gasteiger partial charge in [0, 0.05) is 18.8 Å². The molecule has 0 aromatic carbocycles. The molecule has 0 amide bonds. The van der Waals surface area contributed by atoms with Gasteiger partial charge in [-0.1, -0.05) is 13.8 Å². The van der Waals surface area contributed by atoms with Crippen LogP contribution in [0.5, 0.6) is 0 Å². The van der Waals surface area contributed by atoms with Crippen molar-refractivity contribution in [3.8, 4) is 0 Å². The molecule has 1 rings (SSSR count). The van der Waals surface area contributed by atoms with Crippen molar-refractivity contribution < 1.29 is 4.74 Å². The van der Waals surface area contributed by atoms with Gasteiger partial charge in [-0.05, 0) is 44.0 Å². The lowest BCUT2D eigenvalue weighted by atomic mass is 10.00. The van der Waals surface area contributed by atoms with Crippen molar-refractivity contribution in [1.29, 1.82) is 0 Å². The summed E-state index contributed by atoms with van der Waals surface area (Å²) in [6.45, 7) is 8.00. The minimum atomic E-state index is 0.240. The van der Waals surface area contributed by atoms with Crippen molar-refractivity contribution >= 4 is 5.82 Å². The molecule has 4 nitrogen and oxygen atoms in total. The second-order valence-corrected chi connectivity index (χ2v) is 4.36. The first-order valence-corrected chi connectivity index (χ1v) is 6.76. The van der Waals surface area contributed by atoms with Gasteiger partial charge >= 0.3 is 0 Å². The zero-order valence-corrected chi connectivity index (χ0v) is 11.6. The molecule has 18 heavy (non-hydrogen) atoms. The Bertz CT molecular complexity index is 344. The number of hydrogen-bond donors (Lipinski definition) is 2. The first-order valence-electron chi connectivity index (χ1n) is 6.76. The molecule has 4 heteroatoms. The normalized spacial score (nSPS) is 14.4. The lowest BCUT2D eigenvalue weighted by Crippen LogP contribution is -2.42. The maximum absolute atomic E-state index is 5.80. The standard InChI is InChI=1S/C14H25N3O/c1-4-13(18-6-3)12(16-5-2)9-11-7-8-17-14(15)10-11/h7-8,10,12-13,16H,4-6,9H2,1-3H3,(H2,15,17). The number of nitrogen functional groups attached to an aromatic ring is 1. The van der Waals surface area contributed by atoms with Crippen LogP contribution in [0.1, 0.15) is 32.8 Å². The lowest BCUT2D eigenvalue weighted by Gasteiger charge is -2.27. The molecule has 0 saturated carbocycles. The van der Waals surface area contributed by atoms with Crippen LogP contribution in [0.15, 0.2) is 18.3 Å². The maximum Gasteiger partial charge on any atom is 0.123 e. The topological polar surface area (TPSA) is 60.2 Å². The van der Waals surface area contributed by atoms with Crippen LogP contribution in [-0.2, 0) is 11.2 Å². The minimum absolute atomic E-state index is 0.240. The monoisotopic (exact) mass is 251 g/mol. The predicted molar refractivity (Wildman–Crippen MR) is 75.5 cm³/mol. The Kier molecular flexibility index (Phi) is 6.68. The molecular weight excluding hydrogens is 226 g/mol. The molecule has 3 N–H and O–H groups in total. The van der Waals surface area contributed by atoms with E-state index in [9.17, 15) is 0 Å². The summed E-state index contributed by atoms with van der Waals surface area (Å²) >= 11 is 0. The quantitative estimate of drug-likeness (QED) is 0.742. The number of pyridine rings is 1. The molecule has 0 aliphatic rings. The Balaban J connectivity index is 2.72. The molecule has 102 valence electrons. The van der Waals surface area contributed by atoms with Crippen LogP contribution in [0.3, 0.4) is 0 Å². The van der Waals surface area contributed by atoms with E-state index in [1.165, 1.54) is 5.56 Å². The molecule has 0 fully saturated rings. The van der Waals surface area contributed by atoms with E-state index in [2.05, 4.69) is 24.1 Å². The zero-order valence-electron chi connectivity index (χ0n) is 11.6. The summed E-state index contributed by atoms with van der Waals surface area (Å²) in [6.07, 6.45) is 3.92. The van der Waals surface area contributed by atoms with E-state index in [0.29, 0.717) is 11.9 Å². The molecule has 1 aromatic heterocycles. The molecule has 1 heterocycles. The summed E-state index contributed by atoms with van der Waals surface area (Å²) in [4.78, 5) is 4.02. The number of likely N-dealkylation sites (N-methyl/N-ethyl adjacent to an activating group) is 1. The van der Waals surface area contributed by atoms with Gasteiger partial charge in [-0.2, -0.15) is 0 Å². The zero-order chi connectivity index (χ0) is 13.4. The third-order valence-electron chi connectivity index (χ3n) is 3.00. The molecule has 0 saturated heterocycles. The van der Waals surface area contributed by atoms with E-state index in [4.69, 9.17) is 10.5 Å². The van der Waals surface area contributed by atoms with Gasteiger partial charge in [0.15, 0.2) is 0 Å². The van der Waals surface area contributed by atoms with Gasteiger partial charge < -0.3 is 15.8 Å². The summed E-state index contributed by atoms with van der Waals surface area (Å²) in [5, 5.41) is 3.50. The molecular formula is C14H25N3O. The van der Waals surface area contributed by atoms with Crippen LogP contribution in [0.4, 0.5) is 5.82 Å². The van der Waals surface area contributed by atoms with Crippen LogP contribution >= 0.6 is 0 Å². The van der Waals surface area contributed by atoms with Crippen LogP contribution < -0.4 is 11.1 Å². The maximum atomic E-state index is 5.80. The number of rotatable bonds is 8. The van der Waals surface area contributed by atoms with E-state index >= 15 is 0 Å². The number of nitrogens with two attached hydrogens (primary N) is 1. The van der Waals surface area contributed by atoms with E-state index in [-0.39, 0.29) is 6.10 Å². The molecule has 2 unspecified atom stereocenters. The highest BCUT2D eigenvalue weighted by molar-refractivity contribution is 5.32. The third-order valence-corrected chi connectivity index (χ3v) is 3.00. The Hall–Kier alpha value is -1.13. The van der Waals surface area contributed by atoms with E-state index in [1.54, 1.807) is 6.20 Å². The van der Waals surface area contributed by atoms with Crippen molar-refractivity contribution in [3.63, 3.8) is 0 Å². The highest BCUT2D eigenvalue weighted by atomic mass is 16.5. The Morgan fingerprint density at radius 1 is 1.39 bits per heavy atom. The third kappa shape index (κ3) is 4.63. The molecule has 0 spiro atoms. The molecule has 0 radical (unpaired) electrons. The Morgan fingerprint density at radius 2 is 2.17 bits per heavy atom. The average Bonchev–Trinajstić information content (AvgIpc) is 2.35. The van der Waals surface area contributed by atoms with E-state index < -0.39 is 0 Å². The SMILES string of the molecule is CCNC(Cc1ccnc(N)c1)C(CC)OCC. The number of anilines is 1. The molecule has 0 aliphatic carbocycles. The summed E-state index contributed by atoms with van der Waals surface area (Å²) in [5.74, 6) is 0.576. The van der Waals surface area contributed by atoms with Gasteiger partial charge in [0.25, 0.3) is 0 Å². The van der Waals surface area contributed by atoms with Crippen LogP contribution in [-0.4, -0.2) is 30.3 Å². The van der Waals surface area contributed by atoms with Crippen LogP contribution in [0.25, 0.3) is 0 Å². The molecule has 1 aromatic rings. The first-order chi connectivity index (χ1) is 8.71. The molecule has 0 bridgehead atoms. The first kappa shape index (κ1) is 14.9. The van der Waals surface area contributed by atoms with Crippen molar-refractivity contribution in [2.24, 2.45) is 0 Å². The average molecular weight is 251 g/mol. The van der Waals surface area contributed by atoms with E-state index in [0.717, 1.165) is 26.0 Å². The second-order valence-electron chi connectivity index (χ2n) is 4.36. The largest absolute Gasteiger partial charge is 0.384 e. The summed E-state index contributed by atoms with van der Waals surface area (Å²) < 4.78 is 5.80. The van der Waals surface area contributed by atoms with Gasteiger partial charge in [-0.25, -0.2) is 4.98 Å². The second kappa shape index (κ2) is 8.06. The highest BCUT2D eigenvalue weighted by Gasteiger charge is 2.19. The van der Waals surface area contributed by atoms with Gasteiger partial charge in [0.2, 0.25) is 0 Å². The van der Waals surface area contributed by atoms with E-state index in [1.807, 2.05) is 19.1 Å². The molecule has 0 aliphatic heterocycles. The van der Waals surface area contributed by atoms with Crippen molar-refractivity contribution in [2.45, 2.75) is 45.8 Å². The van der Waals surface area contributed by atoms with Crippen molar-refractivity contribution in [3.05, 3.63) is 23.9 Å². The Morgan fingerprint density at radius 3 is 2.72 bits per heavy atom. The fraction of sp³-hybridized carbons (Fsp3) is 0.643. The fourth-order valence-electron chi connectivity index (χ4n) is 2.21. The van der Waals surface area contributed by atoms with Crippen molar-refractivity contribution in [2.75, 3.05) is 18.9 Å². The minimum Gasteiger partial charge on any atom is -0.384 e. The number of nitrogens with one attached hydrogen (secondary N) is 1. The Labute approximate surface area is 110 Å². The summed E-state index contributed by atoms with van der Waals surface area (Å²) in [6, 6.07) is 4.27. The number of nitrogens with zero attached hydrogens (tertiary/aromatic N) is 1. The summed E-state index contributed by atoms with van der Waals surface area (Å²) in [7, 11) is 0. The van der Waals surface area contributed by atoms with Crippen LogP contribution in [0.2, 0.25) is 0 Å². The fourth-order valence-corrected chi connectivity index (χ4v) is 2.21. The smallest absolute Gasteiger partial charge is 0.123 e. The van der Waals surface area contributed by atoms with Gasteiger partial charge in [0.1, 0.15) is 5.82 Å². The lowest BCUT2D eigenvalue weighted by molar-refractivity contribution is 0.0323. The van der Waals surface area contributed by atoms with Gasteiger partial charge in [-0.15, -0.1) is 0 Å². The highest BCUT2D eigenvalue weighted by Crippen LogP contribution is 2.12.